The van der Waals surface area contributed by atoms with E-state index >= 15 is 0 Å². The van der Waals surface area contributed by atoms with E-state index in [0.29, 0.717) is 0 Å². The minimum atomic E-state index is 1.21. The normalized spacial score (nSPS) is 15.8. The van der Waals surface area contributed by atoms with Gasteiger partial charge in [-0.1, -0.05) is 61.4 Å². The summed E-state index contributed by atoms with van der Waals surface area (Å²) in [7, 11) is 0. The van der Waals surface area contributed by atoms with Gasteiger partial charge in [0.1, 0.15) is 0 Å². The number of hydrogen-bond donors (Lipinski definition) is 0. The van der Waals surface area contributed by atoms with Gasteiger partial charge in [0.15, 0.2) is 0 Å². The average molecular weight is 198 g/mol. The molecule has 1 aromatic carbocycles. The van der Waals surface area contributed by atoms with Crippen molar-refractivity contribution in [1.82, 2.24) is 0 Å². The molecule has 1 aliphatic rings. The predicted octanol–water partition coefficient (Wildman–Crippen LogP) is 4.59. The lowest BCUT2D eigenvalue weighted by atomic mass is 9.90. The second-order valence-corrected chi connectivity index (χ2v) is 4.07. The standard InChI is InChI=1S/C15H18/c1-2-8-13-11-6-7-12-15(13)14-9-4-3-5-10-14/h3-5,7,9-10,12H,2,6,8,11H2,1H3. The molecule has 0 amide bonds. The Hall–Kier alpha value is -1.30. The quantitative estimate of drug-likeness (QED) is 0.666. The lowest BCUT2D eigenvalue weighted by Gasteiger charge is -2.15. The number of allylic oxidation sites excluding steroid dienone is 4. The molecule has 2 rings (SSSR count). The van der Waals surface area contributed by atoms with Crippen LogP contribution in [0.3, 0.4) is 0 Å². The van der Waals surface area contributed by atoms with Crippen LogP contribution in [0.5, 0.6) is 0 Å². The highest BCUT2D eigenvalue weighted by Crippen LogP contribution is 2.29. The maximum Gasteiger partial charge on any atom is -0.0185 e. The summed E-state index contributed by atoms with van der Waals surface area (Å²) in [5.41, 5.74) is 4.46. The maximum atomic E-state index is 2.30. The molecule has 78 valence electrons. The van der Waals surface area contributed by atoms with Crippen molar-refractivity contribution in [1.29, 1.82) is 0 Å². The van der Waals surface area contributed by atoms with Gasteiger partial charge in [0.2, 0.25) is 0 Å². The summed E-state index contributed by atoms with van der Waals surface area (Å²) in [4.78, 5) is 0. The molecule has 0 radical (unpaired) electrons. The number of benzene rings is 1. The lowest BCUT2D eigenvalue weighted by molar-refractivity contribution is 0.826. The third kappa shape index (κ3) is 2.38. The molecule has 0 heteroatoms. The first-order valence-electron chi connectivity index (χ1n) is 5.86. The third-order valence-corrected chi connectivity index (χ3v) is 2.91. The summed E-state index contributed by atoms with van der Waals surface area (Å²) < 4.78 is 0. The molecule has 0 unspecified atom stereocenters. The molecule has 15 heavy (non-hydrogen) atoms. The monoisotopic (exact) mass is 198 g/mol. The van der Waals surface area contributed by atoms with E-state index in [4.69, 9.17) is 0 Å². The summed E-state index contributed by atoms with van der Waals surface area (Å²) in [5, 5.41) is 0. The van der Waals surface area contributed by atoms with Crippen molar-refractivity contribution in [2.45, 2.75) is 32.6 Å². The van der Waals surface area contributed by atoms with Crippen molar-refractivity contribution in [2.24, 2.45) is 0 Å². The Labute approximate surface area is 92.3 Å². The Kier molecular flexibility index (Phi) is 3.39. The molecule has 0 fully saturated rings. The molecule has 0 aromatic heterocycles. The fourth-order valence-corrected chi connectivity index (χ4v) is 2.19. The molecular weight excluding hydrogens is 180 g/mol. The van der Waals surface area contributed by atoms with Gasteiger partial charge < -0.3 is 0 Å². The van der Waals surface area contributed by atoms with Gasteiger partial charge in [-0.15, -0.1) is 0 Å². The molecule has 1 aliphatic carbocycles. The summed E-state index contributed by atoms with van der Waals surface area (Å²) in [6.07, 6.45) is 9.54. The van der Waals surface area contributed by atoms with Gasteiger partial charge in [0, 0.05) is 0 Å². The van der Waals surface area contributed by atoms with Crippen LogP contribution in [-0.4, -0.2) is 0 Å². The predicted molar refractivity (Wildman–Crippen MR) is 66.6 cm³/mol. The molecule has 0 heterocycles. The van der Waals surface area contributed by atoms with E-state index in [-0.39, 0.29) is 0 Å². The van der Waals surface area contributed by atoms with Crippen molar-refractivity contribution in [3.05, 3.63) is 53.6 Å². The molecule has 0 bridgehead atoms. The summed E-state index contributed by atoms with van der Waals surface area (Å²) in [5.74, 6) is 0. The van der Waals surface area contributed by atoms with Gasteiger partial charge in [0.05, 0.1) is 0 Å². The minimum absolute atomic E-state index is 1.21. The largest absolute Gasteiger partial charge is 0.0836 e. The van der Waals surface area contributed by atoms with Crippen LogP contribution in [0.2, 0.25) is 0 Å². The Bertz CT molecular complexity index is 368. The fourth-order valence-electron chi connectivity index (χ4n) is 2.19. The van der Waals surface area contributed by atoms with Crippen molar-refractivity contribution < 1.29 is 0 Å². The molecule has 0 aliphatic heterocycles. The highest BCUT2D eigenvalue weighted by molar-refractivity contribution is 5.77. The van der Waals surface area contributed by atoms with Crippen molar-refractivity contribution in [3.63, 3.8) is 0 Å². The number of rotatable bonds is 3. The van der Waals surface area contributed by atoms with Crippen molar-refractivity contribution in [2.75, 3.05) is 0 Å². The molecule has 0 N–H and O–H groups in total. The van der Waals surface area contributed by atoms with Gasteiger partial charge in [-0.25, -0.2) is 0 Å². The van der Waals surface area contributed by atoms with Gasteiger partial charge in [-0.2, -0.15) is 0 Å². The highest BCUT2D eigenvalue weighted by atomic mass is 14.1. The van der Waals surface area contributed by atoms with Crippen LogP contribution in [0.25, 0.3) is 5.57 Å². The molecule has 0 saturated carbocycles. The van der Waals surface area contributed by atoms with Crippen LogP contribution >= 0.6 is 0 Å². The second-order valence-electron chi connectivity index (χ2n) is 4.07. The Morgan fingerprint density at radius 3 is 2.67 bits per heavy atom. The Morgan fingerprint density at radius 2 is 1.93 bits per heavy atom. The fraction of sp³-hybridized carbons (Fsp3) is 0.333. The van der Waals surface area contributed by atoms with Gasteiger partial charge >= 0.3 is 0 Å². The topological polar surface area (TPSA) is 0 Å². The van der Waals surface area contributed by atoms with E-state index in [2.05, 4.69) is 49.4 Å². The lowest BCUT2D eigenvalue weighted by Crippen LogP contribution is -1.94. The van der Waals surface area contributed by atoms with Crippen LogP contribution in [0.4, 0.5) is 0 Å². The molecule has 0 atom stereocenters. The summed E-state index contributed by atoms with van der Waals surface area (Å²) >= 11 is 0. The Morgan fingerprint density at radius 1 is 1.13 bits per heavy atom. The first-order chi connectivity index (χ1) is 7.42. The first kappa shape index (κ1) is 10.2. The smallest absolute Gasteiger partial charge is 0.0185 e. The van der Waals surface area contributed by atoms with E-state index in [1.807, 2.05) is 0 Å². The zero-order valence-electron chi connectivity index (χ0n) is 9.37. The molecular formula is C15H18. The third-order valence-electron chi connectivity index (χ3n) is 2.91. The maximum absolute atomic E-state index is 2.30. The zero-order chi connectivity index (χ0) is 10.5. The second kappa shape index (κ2) is 4.97. The van der Waals surface area contributed by atoms with E-state index in [1.54, 1.807) is 5.57 Å². The van der Waals surface area contributed by atoms with Crippen molar-refractivity contribution in [3.8, 4) is 0 Å². The van der Waals surface area contributed by atoms with Gasteiger partial charge in [0.25, 0.3) is 0 Å². The SMILES string of the molecule is CCCC1=C(c2ccccc2)C=CCC1. The van der Waals surface area contributed by atoms with Crippen LogP contribution < -0.4 is 0 Å². The van der Waals surface area contributed by atoms with Gasteiger partial charge in [-0.05, 0) is 30.4 Å². The Balaban J connectivity index is 2.35. The summed E-state index contributed by atoms with van der Waals surface area (Å²) in [6, 6.07) is 10.7. The highest BCUT2D eigenvalue weighted by Gasteiger charge is 2.08. The zero-order valence-corrected chi connectivity index (χ0v) is 9.37. The minimum Gasteiger partial charge on any atom is -0.0836 e. The molecule has 1 aromatic rings. The van der Waals surface area contributed by atoms with Crippen LogP contribution in [0.1, 0.15) is 38.2 Å². The summed E-state index contributed by atoms with van der Waals surface area (Å²) in [6.45, 7) is 2.26. The molecule has 0 nitrogen and oxygen atoms in total. The van der Waals surface area contributed by atoms with E-state index in [1.165, 1.54) is 36.8 Å². The first-order valence-corrected chi connectivity index (χ1v) is 5.86. The van der Waals surface area contributed by atoms with Gasteiger partial charge in [-0.3, -0.25) is 0 Å². The average Bonchev–Trinajstić information content (AvgIpc) is 2.31. The van der Waals surface area contributed by atoms with E-state index in [9.17, 15) is 0 Å². The van der Waals surface area contributed by atoms with E-state index < -0.39 is 0 Å². The molecule has 0 spiro atoms. The van der Waals surface area contributed by atoms with Crippen LogP contribution in [0.15, 0.2) is 48.1 Å². The molecule has 0 saturated heterocycles. The van der Waals surface area contributed by atoms with Crippen LogP contribution in [-0.2, 0) is 0 Å². The van der Waals surface area contributed by atoms with Crippen molar-refractivity contribution >= 4 is 5.57 Å². The van der Waals surface area contributed by atoms with Crippen LogP contribution in [0, 0.1) is 0 Å². The van der Waals surface area contributed by atoms with E-state index in [0.717, 1.165) is 0 Å². The number of hydrogen-bond acceptors (Lipinski definition) is 0.